The second-order valence-electron chi connectivity index (χ2n) is 5.36. The molecule has 22 heavy (non-hydrogen) atoms. The molecular formula is C14H16N4O3S. The highest BCUT2D eigenvalue weighted by Gasteiger charge is 2.18. The molecule has 0 unspecified atom stereocenters. The number of nitrogens with zero attached hydrogens (tertiary/aromatic N) is 3. The Balaban J connectivity index is 1.80. The molecule has 116 valence electrons. The minimum absolute atomic E-state index is 0.0241. The summed E-state index contributed by atoms with van der Waals surface area (Å²) in [6, 6.07) is 4.30. The molecule has 0 aliphatic carbocycles. The van der Waals surface area contributed by atoms with Crippen LogP contribution in [0.1, 0.15) is 12.8 Å². The molecule has 1 saturated heterocycles. The van der Waals surface area contributed by atoms with E-state index in [-0.39, 0.29) is 5.69 Å². The maximum absolute atomic E-state index is 12.4. The molecule has 2 heterocycles. The van der Waals surface area contributed by atoms with Crippen molar-refractivity contribution in [2.75, 3.05) is 18.8 Å². The van der Waals surface area contributed by atoms with E-state index in [0.29, 0.717) is 27.7 Å². The van der Waals surface area contributed by atoms with Crippen molar-refractivity contribution in [2.45, 2.75) is 17.9 Å². The van der Waals surface area contributed by atoms with E-state index < -0.39 is 15.7 Å². The van der Waals surface area contributed by atoms with E-state index in [4.69, 9.17) is 0 Å². The molecule has 2 aromatic rings. The molecule has 8 heteroatoms. The standard InChI is InChI=1S/C14H16N4O3S/c19-18(20)11-3-4-12-13(6-11)16-8-14(17-12)22(21)9-10-2-1-5-15-7-10/h3-4,6,8,10,15H,1-2,5,7,9H2/t10-,22-/m1/s1. The van der Waals surface area contributed by atoms with E-state index in [0.717, 1.165) is 25.9 Å². The summed E-state index contributed by atoms with van der Waals surface area (Å²) in [5.41, 5.74) is 0.941. The lowest BCUT2D eigenvalue weighted by atomic mass is 10.0. The SMILES string of the molecule is O=[N+]([O-])c1ccc2nc([S@](=O)C[C@@H]3CCCNC3)cnc2c1. The molecule has 0 saturated carbocycles. The summed E-state index contributed by atoms with van der Waals surface area (Å²) < 4.78 is 12.4. The summed E-state index contributed by atoms with van der Waals surface area (Å²) in [7, 11) is -1.20. The van der Waals surface area contributed by atoms with Gasteiger partial charge in [0, 0.05) is 17.9 Å². The molecule has 3 rings (SSSR count). The molecule has 7 nitrogen and oxygen atoms in total. The molecule has 1 aromatic carbocycles. The van der Waals surface area contributed by atoms with Gasteiger partial charge in [0.15, 0.2) is 0 Å². The van der Waals surface area contributed by atoms with Gasteiger partial charge in [-0.1, -0.05) is 0 Å². The van der Waals surface area contributed by atoms with Crippen molar-refractivity contribution in [1.29, 1.82) is 0 Å². The Bertz CT molecular complexity index is 731. The maximum atomic E-state index is 12.4. The Labute approximate surface area is 129 Å². The number of hydrogen-bond acceptors (Lipinski definition) is 6. The largest absolute Gasteiger partial charge is 0.316 e. The number of hydrogen-bond donors (Lipinski definition) is 1. The van der Waals surface area contributed by atoms with Crippen molar-refractivity contribution in [3.05, 3.63) is 34.5 Å². The van der Waals surface area contributed by atoms with E-state index in [2.05, 4.69) is 15.3 Å². The normalized spacial score (nSPS) is 19.9. The van der Waals surface area contributed by atoms with E-state index >= 15 is 0 Å². The predicted molar refractivity (Wildman–Crippen MR) is 83.1 cm³/mol. The van der Waals surface area contributed by atoms with Gasteiger partial charge in [-0.3, -0.25) is 19.3 Å². The summed E-state index contributed by atoms with van der Waals surface area (Å²) in [6.07, 6.45) is 3.64. The minimum Gasteiger partial charge on any atom is -0.316 e. The number of piperidine rings is 1. The summed E-state index contributed by atoms with van der Waals surface area (Å²) in [4.78, 5) is 18.8. The second kappa shape index (κ2) is 6.45. The van der Waals surface area contributed by atoms with Crippen LogP contribution < -0.4 is 5.32 Å². The highest BCUT2D eigenvalue weighted by Crippen LogP contribution is 2.20. The zero-order valence-corrected chi connectivity index (χ0v) is 12.7. The average Bonchev–Trinajstić information content (AvgIpc) is 2.54. The van der Waals surface area contributed by atoms with E-state index in [9.17, 15) is 14.3 Å². The van der Waals surface area contributed by atoms with Crippen LogP contribution >= 0.6 is 0 Å². The zero-order chi connectivity index (χ0) is 15.5. The molecule has 2 atom stereocenters. The second-order valence-corrected chi connectivity index (χ2v) is 6.81. The van der Waals surface area contributed by atoms with Crippen molar-refractivity contribution in [1.82, 2.24) is 15.3 Å². The fraction of sp³-hybridized carbons (Fsp3) is 0.429. The zero-order valence-electron chi connectivity index (χ0n) is 11.9. The molecule has 1 N–H and O–H groups in total. The Hall–Kier alpha value is -1.93. The van der Waals surface area contributed by atoms with Crippen molar-refractivity contribution >= 4 is 27.5 Å². The smallest absolute Gasteiger partial charge is 0.271 e. The molecule has 0 radical (unpaired) electrons. The molecule has 1 fully saturated rings. The van der Waals surface area contributed by atoms with Gasteiger partial charge in [-0.25, -0.2) is 4.98 Å². The Morgan fingerprint density at radius 3 is 3.00 bits per heavy atom. The number of benzene rings is 1. The first-order valence-corrected chi connectivity index (χ1v) is 8.45. The topological polar surface area (TPSA) is 98.0 Å². The monoisotopic (exact) mass is 320 g/mol. The van der Waals surface area contributed by atoms with Crippen LogP contribution in [0.2, 0.25) is 0 Å². The number of nitro benzene ring substituents is 1. The number of fused-ring (bicyclic) bond motifs is 1. The van der Waals surface area contributed by atoms with Gasteiger partial charge >= 0.3 is 0 Å². The van der Waals surface area contributed by atoms with Crippen LogP contribution in [-0.4, -0.2) is 37.9 Å². The van der Waals surface area contributed by atoms with Crippen molar-refractivity contribution in [3.8, 4) is 0 Å². The summed E-state index contributed by atoms with van der Waals surface area (Å²) in [5, 5.41) is 14.5. The van der Waals surface area contributed by atoms with Gasteiger partial charge in [-0.05, 0) is 37.9 Å². The van der Waals surface area contributed by atoms with Crippen LogP contribution in [0.3, 0.4) is 0 Å². The third-order valence-corrected chi connectivity index (χ3v) is 5.17. The van der Waals surface area contributed by atoms with Gasteiger partial charge in [0.2, 0.25) is 0 Å². The van der Waals surface area contributed by atoms with Crippen LogP contribution in [0, 0.1) is 16.0 Å². The van der Waals surface area contributed by atoms with Crippen molar-refractivity contribution < 1.29 is 9.13 Å². The minimum atomic E-state index is -1.20. The van der Waals surface area contributed by atoms with Crippen LogP contribution in [0.4, 0.5) is 5.69 Å². The maximum Gasteiger partial charge on any atom is 0.271 e. The van der Waals surface area contributed by atoms with Crippen LogP contribution in [0.5, 0.6) is 0 Å². The predicted octanol–water partition coefficient (Wildman–Crippen LogP) is 1.65. The molecule has 0 amide bonds. The third kappa shape index (κ3) is 3.28. The first-order valence-electron chi connectivity index (χ1n) is 7.14. The number of nitro groups is 1. The quantitative estimate of drug-likeness (QED) is 0.679. The highest BCUT2D eigenvalue weighted by atomic mass is 32.2. The lowest BCUT2D eigenvalue weighted by Crippen LogP contribution is -2.32. The van der Waals surface area contributed by atoms with E-state index in [1.807, 2.05) is 0 Å². The Kier molecular flexibility index (Phi) is 4.39. The molecular weight excluding hydrogens is 304 g/mol. The molecule has 0 spiro atoms. The van der Waals surface area contributed by atoms with E-state index in [1.165, 1.54) is 18.3 Å². The molecule has 0 bridgehead atoms. The summed E-state index contributed by atoms with van der Waals surface area (Å²) in [6.45, 7) is 1.91. The van der Waals surface area contributed by atoms with Gasteiger partial charge < -0.3 is 5.32 Å². The van der Waals surface area contributed by atoms with Crippen LogP contribution in [0.25, 0.3) is 11.0 Å². The molecule has 1 aliphatic heterocycles. The van der Waals surface area contributed by atoms with Crippen LogP contribution in [0.15, 0.2) is 29.4 Å². The van der Waals surface area contributed by atoms with Gasteiger partial charge in [-0.15, -0.1) is 0 Å². The van der Waals surface area contributed by atoms with Gasteiger partial charge in [0.1, 0.15) is 5.03 Å². The van der Waals surface area contributed by atoms with Gasteiger partial charge in [-0.2, -0.15) is 0 Å². The average molecular weight is 320 g/mol. The fourth-order valence-electron chi connectivity index (χ4n) is 2.57. The fourth-order valence-corrected chi connectivity index (χ4v) is 3.82. The van der Waals surface area contributed by atoms with Crippen LogP contribution in [-0.2, 0) is 10.8 Å². The Morgan fingerprint density at radius 1 is 1.41 bits per heavy atom. The number of rotatable bonds is 4. The highest BCUT2D eigenvalue weighted by molar-refractivity contribution is 7.84. The number of nitrogens with one attached hydrogen (secondary N) is 1. The number of aromatic nitrogens is 2. The summed E-state index contributed by atoms with van der Waals surface area (Å²) >= 11 is 0. The van der Waals surface area contributed by atoms with E-state index in [1.54, 1.807) is 6.07 Å². The number of non-ortho nitro benzene ring substituents is 1. The lowest BCUT2D eigenvalue weighted by molar-refractivity contribution is -0.384. The van der Waals surface area contributed by atoms with Gasteiger partial charge in [0.25, 0.3) is 5.69 Å². The summed E-state index contributed by atoms with van der Waals surface area (Å²) in [5.74, 6) is 0.962. The first kappa shape index (κ1) is 15.0. The van der Waals surface area contributed by atoms with Crippen molar-refractivity contribution in [3.63, 3.8) is 0 Å². The third-order valence-electron chi connectivity index (χ3n) is 3.73. The van der Waals surface area contributed by atoms with Crippen molar-refractivity contribution in [2.24, 2.45) is 5.92 Å². The lowest BCUT2D eigenvalue weighted by Gasteiger charge is -2.21. The van der Waals surface area contributed by atoms with Gasteiger partial charge in [0.05, 0.1) is 33.0 Å². The first-order chi connectivity index (χ1) is 10.6. The molecule has 1 aromatic heterocycles. The molecule has 1 aliphatic rings. The Morgan fingerprint density at radius 2 is 2.27 bits per heavy atom.